The molecule has 0 unspecified atom stereocenters. The summed E-state index contributed by atoms with van der Waals surface area (Å²) in [6, 6.07) is 22.6. The summed E-state index contributed by atoms with van der Waals surface area (Å²) in [4.78, 5) is 22.2. The van der Waals surface area contributed by atoms with Crippen LogP contribution in [0.15, 0.2) is 90.0 Å². The van der Waals surface area contributed by atoms with Gasteiger partial charge in [0.2, 0.25) is 5.95 Å². The van der Waals surface area contributed by atoms with Crippen molar-refractivity contribution < 1.29 is 0 Å². The molecule has 3 aromatic heterocycles. The molecule has 5 rings (SSSR count). The molecule has 0 atom stereocenters. The van der Waals surface area contributed by atoms with E-state index in [2.05, 4.69) is 10.3 Å². The second-order valence-corrected chi connectivity index (χ2v) is 6.12. The van der Waals surface area contributed by atoms with Gasteiger partial charge in [-0.05, 0) is 36.4 Å². The predicted octanol–water partition coefficient (Wildman–Crippen LogP) is 3.78. The summed E-state index contributed by atoms with van der Waals surface area (Å²) in [5.41, 5.74) is 2.09. The summed E-state index contributed by atoms with van der Waals surface area (Å²) in [5, 5.41) is 3.88. The van der Waals surface area contributed by atoms with E-state index >= 15 is 0 Å². The van der Waals surface area contributed by atoms with E-state index in [4.69, 9.17) is 4.98 Å². The normalized spacial score (nSPS) is 11.1. The predicted molar refractivity (Wildman–Crippen MR) is 106 cm³/mol. The van der Waals surface area contributed by atoms with Crippen LogP contribution in [0.5, 0.6) is 0 Å². The molecule has 0 radical (unpaired) electrons. The molecule has 0 saturated heterocycles. The van der Waals surface area contributed by atoms with E-state index in [0.717, 1.165) is 17.2 Å². The van der Waals surface area contributed by atoms with E-state index in [1.165, 1.54) is 0 Å². The van der Waals surface area contributed by atoms with Gasteiger partial charge in [-0.2, -0.15) is 0 Å². The van der Waals surface area contributed by atoms with Crippen LogP contribution in [0.3, 0.4) is 0 Å². The van der Waals surface area contributed by atoms with Crippen LogP contribution in [0.2, 0.25) is 0 Å². The maximum atomic E-state index is 13.2. The topological polar surface area (TPSA) is 64.2 Å². The zero-order valence-corrected chi connectivity index (χ0v) is 14.3. The van der Waals surface area contributed by atoms with Gasteiger partial charge < -0.3 is 5.32 Å². The van der Waals surface area contributed by atoms with Crippen molar-refractivity contribution in [1.29, 1.82) is 0 Å². The van der Waals surface area contributed by atoms with Crippen LogP contribution in [-0.4, -0.2) is 18.9 Å². The average Bonchev–Trinajstić information content (AvgIpc) is 3.19. The first-order valence-electron chi connectivity index (χ1n) is 8.57. The van der Waals surface area contributed by atoms with Crippen molar-refractivity contribution in [3.05, 3.63) is 95.5 Å². The minimum Gasteiger partial charge on any atom is -0.311 e. The van der Waals surface area contributed by atoms with Crippen molar-refractivity contribution in [1.82, 2.24) is 18.9 Å². The Hall–Kier alpha value is -3.93. The molecule has 0 spiro atoms. The lowest BCUT2D eigenvalue weighted by atomic mass is 10.2. The molecule has 6 heteroatoms. The Morgan fingerprint density at radius 1 is 0.852 bits per heavy atom. The second kappa shape index (κ2) is 6.10. The minimum atomic E-state index is -0.118. The number of nitrogens with zero attached hydrogens (tertiary/aromatic N) is 4. The number of hydrogen-bond acceptors (Lipinski definition) is 4. The van der Waals surface area contributed by atoms with Crippen molar-refractivity contribution in [3.8, 4) is 5.69 Å². The Morgan fingerprint density at radius 2 is 1.67 bits per heavy atom. The molecule has 1 N–H and O–H groups in total. The minimum absolute atomic E-state index is 0.118. The summed E-state index contributed by atoms with van der Waals surface area (Å²) in [6.45, 7) is 0. The molecule has 0 fully saturated rings. The monoisotopic (exact) mass is 353 g/mol. The second-order valence-electron chi connectivity index (χ2n) is 6.12. The van der Waals surface area contributed by atoms with E-state index in [1.807, 2.05) is 77.3 Å². The molecule has 130 valence electrons. The molecule has 0 aliphatic carbocycles. The summed E-state index contributed by atoms with van der Waals surface area (Å²) < 4.78 is 3.51. The fourth-order valence-electron chi connectivity index (χ4n) is 3.20. The van der Waals surface area contributed by atoms with Gasteiger partial charge in [-0.25, -0.2) is 14.5 Å². The van der Waals surface area contributed by atoms with Crippen LogP contribution in [-0.2, 0) is 0 Å². The highest BCUT2D eigenvalue weighted by Gasteiger charge is 2.13. The lowest BCUT2D eigenvalue weighted by Gasteiger charge is -2.15. The summed E-state index contributed by atoms with van der Waals surface area (Å²) in [7, 11) is 0. The lowest BCUT2D eigenvalue weighted by Crippen LogP contribution is -2.23. The van der Waals surface area contributed by atoms with Gasteiger partial charge in [0.25, 0.3) is 5.56 Å². The third kappa shape index (κ3) is 2.55. The number of aromatic nitrogens is 4. The fraction of sp³-hybridized carbons (Fsp3) is 0. The highest BCUT2D eigenvalue weighted by atomic mass is 16.1. The Labute approximate surface area is 154 Å². The number of imidazole rings is 1. The van der Waals surface area contributed by atoms with Crippen molar-refractivity contribution in [3.63, 3.8) is 0 Å². The van der Waals surface area contributed by atoms with Crippen LogP contribution in [0.4, 0.5) is 11.8 Å². The number of hydrogen-bond donors (Lipinski definition) is 1. The van der Waals surface area contributed by atoms with Crippen molar-refractivity contribution >= 4 is 28.3 Å². The summed E-state index contributed by atoms with van der Waals surface area (Å²) in [5.74, 6) is 1.22. The molecule has 0 amide bonds. The molecule has 2 aromatic carbocycles. The van der Waals surface area contributed by atoms with Gasteiger partial charge in [0, 0.05) is 12.4 Å². The maximum Gasteiger partial charge on any atom is 0.267 e. The zero-order valence-electron chi connectivity index (χ0n) is 14.3. The van der Waals surface area contributed by atoms with Gasteiger partial charge in [0.1, 0.15) is 11.5 Å². The van der Waals surface area contributed by atoms with Gasteiger partial charge in [0.05, 0.1) is 16.6 Å². The van der Waals surface area contributed by atoms with Crippen LogP contribution in [0.25, 0.3) is 22.2 Å². The number of pyridine rings is 1. The summed E-state index contributed by atoms with van der Waals surface area (Å²) >= 11 is 0. The Kier molecular flexibility index (Phi) is 3.47. The molecule has 6 nitrogen and oxygen atoms in total. The Morgan fingerprint density at radius 3 is 2.56 bits per heavy atom. The molecule has 5 aromatic rings. The van der Waals surface area contributed by atoms with Gasteiger partial charge in [-0.3, -0.25) is 9.20 Å². The van der Waals surface area contributed by atoms with E-state index in [0.29, 0.717) is 16.9 Å². The molecule has 0 aliphatic heterocycles. The van der Waals surface area contributed by atoms with Gasteiger partial charge in [0.15, 0.2) is 0 Å². The number of benzene rings is 2. The SMILES string of the molecule is O=c1c2ccccc2nc(Nc2cccc3nccn23)n1-c1ccccc1. The largest absolute Gasteiger partial charge is 0.311 e. The van der Waals surface area contributed by atoms with Gasteiger partial charge in [-0.15, -0.1) is 0 Å². The molecule has 0 aliphatic rings. The van der Waals surface area contributed by atoms with Gasteiger partial charge >= 0.3 is 0 Å². The van der Waals surface area contributed by atoms with Gasteiger partial charge in [-0.1, -0.05) is 36.4 Å². The van der Waals surface area contributed by atoms with E-state index in [9.17, 15) is 4.79 Å². The Bertz CT molecular complexity index is 1320. The van der Waals surface area contributed by atoms with E-state index < -0.39 is 0 Å². The van der Waals surface area contributed by atoms with Crippen LogP contribution >= 0.6 is 0 Å². The molecular formula is C21H15N5O. The molecular weight excluding hydrogens is 338 g/mol. The maximum absolute atomic E-state index is 13.2. The average molecular weight is 353 g/mol. The summed E-state index contributed by atoms with van der Waals surface area (Å²) in [6.07, 6.45) is 3.60. The third-order valence-corrected chi connectivity index (χ3v) is 4.46. The first-order valence-corrected chi connectivity index (χ1v) is 8.57. The Balaban J connectivity index is 1.78. The highest BCUT2D eigenvalue weighted by molar-refractivity contribution is 5.79. The van der Waals surface area contributed by atoms with Crippen molar-refractivity contribution in [2.45, 2.75) is 0 Å². The molecule has 3 heterocycles. The number of anilines is 2. The highest BCUT2D eigenvalue weighted by Crippen LogP contribution is 2.20. The lowest BCUT2D eigenvalue weighted by molar-refractivity contribution is 0.968. The first-order chi connectivity index (χ1) is 13.3. The van der Waals surface area contributed by atoms with E-state index in [-0.39, 0.29) is 5.56 Å². The number of fused-ring (bicyclic) bond motifs is 2. The molecule has 0 bridgehead atoms. The van der Waals surface area contributed by atoms with Crippen molar-refractivity contribution in [2.75, 3.05) is 5.32 Å². The number of nitrogens with one attached hydrogen (secondary N) is 1. The van der Waals surface area contributed by atoms with E-state index in [1.54, 1.807) is 16.8 Å². The zero-order chi connectivity index (χ0) is 18.2. The molecule has 27 heavy (non-hydrogen) atoms. The standard InChI is InChI=1S/C21H15N5O/c27-20-16-9-4-5-10-17(16)23-21(26(20)15-7-2-1-3-8-15)24-19-12-6-11-18-22-13-14-25(18)19/h1-14H,(H,23,24). The quantitative estimate of drug-likeness (QED) is 0.536. The van der Waals surface area contributed by atoms with Crippen LogP contribution in [0, 0.1) is 0 Å². The third-order valence-electron chi connectivity index (χ3n) is 4.46. The molecule has 0 saturated carbocycles. The van der Waals surface area contributed by atoms with Crippen molar-refractivity contribution in [2.24, 2.45) is 0 Å². The number of para-hydroxylation sites is 2. The van der Waals surface area contributed by atoms with Crippen LogP contribution < -0.4 is 10.9 Å². The number of rotatable bonds is 3. The first kappa shape index (κ1) is 15.3. The smallest absolute Gasteiger partial charge is 0.267 e. The fourth-order valence-corrected chi connectivity index (χ4v) is 3.20. The van der Waals surface area contributed by atoms with Crippen LogP contribution in [0.1, 0.15) is 0 Å².